The van der Waals surface area contributed by atoms with Gasteiger partial charge in [-0.2, -0.15) is 13.7 Å². The average Bonchev–Trinajstić information content (AvgIpc) is 2.83. The zero-order valence-corrected chi connectivity index (χ0v) is 22.9. The largest absolute Gasteiger partial charge is 0.490 e. The Labute approximate surface area is 227 Å². The fourth-order valence-corrected chi connectivity index (χ4v) is 4.94. The summed E-state index contributed by atoms with van der Waals surface area (Å²) in [5.41, 5.74) is 1.29. The van der Waals surface area contributed by atoms with Gasteiger partial charge in [0.2, 0.25) is 0 Å². The number of nitrogens with zero attached hydrogens (tertiary/aromatic N) is 1. The summed E-state index contributed by atoms with van der Waals surface area (Å²) < 4.78 is 36.9. The van der Waals surface area contributed by atoms with Crippen molar-refractivity contribution in [2.24, 2.45) is 0 Å². The number of hydrogen-bond donors (Lipinski definition) is 1. The molecule has 0 atom stereocenters. The molecule has 0 aliphatic carbocycles. The van der Waals surface area contributed by atoms with Gasteiger partial charge in [0.1, 0.15) is 16.5 Å². The normalized spacial score (nSPS) is 11.5. The topological polar surface area (TPSA) is 105 Å². The van der Waals surface area contributed by atoms with E-state index in [-0.39, 0.29) is 48.8 Å². The third-order valence-electron chi connectivity index (χ3n) is 4.71. The van der Waals surface area contributed by atoms with Gasteiger partial charge in [0.05, 0.1) is 26.8 Å². The molecule has 0 saturated heterocycles. The van der Waals surface area contributed by atoms with Crippen molar-refractivity contribution in [3.63, 3.8) is 0 Å². The number of nitriles is 1. The van der Waals surface area contributed by atoms with Crippen molar-refractivity contribution in [2.75, 3.05) is 11.9 Å². The Morgan fingerprint density at radius 1 is 1.17 bits per heavy atom. The molecule has 0 radical (unpaired) electrons. The van der Waals surface area contributed by atoms with Gasteiger partial charge in [-0.25, -0.2) is 0 Å². The molecule has 36 heavy (non-hydrogen) atoms. The maximum absolute atomic E-state index is 12.8. The van der Waals surface area contributed by atoms with Gasteiger partial charge in [0, 0.05) is 0 Å². The first-order valence-corrected chi connectivity index (χ1v) is 13.4. The SMILES string of the molecule is CCOc1cc(/C=C(\C#N)C(=O)Nc2cccc(Cl)c2Cl)cc(Br)c1OS(=O)(=O)c1ccc(C)cc1. The lowest BCUT2D eigenvalue weighted by molar-refractivity contribution is -0.112. The third kappa shape index (κ3) is 6.59. The molecule has 1 N–H and O–H groups in total. The van der Waals surface area contributed by atoms with Crippen molar-refractivity contribution in [1.29, 1.82) is 5.26 Å². The molecule has 11 heteroatoms. The summed E-state index contributed by atoms with van der Waals surface area (Å²) in [4.78, 5) is 12.7. The van der Waals surface area contributed by atoms with Gasteiger partial charge in [0.15, 0.2) is 11.5 Å². The lowest BCUT2D eigenvalue weighted by atomic mass is 10.1. The van der Waals surface area contributed by atoms with Gasteiger partial charge in [-0.1, -0.05) is 47.0 Å². The second kappa shape index (κ2) is 11.8. The van der Waals surface area contributed by atoms with Crippen LogP contribution in [0.25, 0.3) is 6.08 Å². The number of benzene rings is 3. The molecule has 0 heterocycles. The summed E-state index contributed by atoms with van der Waals surface area (Å²) in [5, 5.41) is 12.5. The number of anilines is 1. The predicted octanol–water partition coefficient (Wildman–Crippen LogP) is 6.78. The minimum absolute atomic E-state index is 0.0189. The number of carbonyl (C=O) groups is 1. The molecular formula is C25H19BrCl2N2O5S. The van der Waals surface area contributed by atoms with Gasteiger partial charge in [-0.05, 0) is 77.8 Å². The molecular weight excluding hydrogens is 591 g/mol. The molecule has 0 spiro atoms. The van der Waals surface area contributed by atoms with Gasteiger partial charge in [-0.15, -0.1) is 0 Å². The number of rotatable bonds is 8. The number of aryl methyl sites for hydroxylation is 1. The molecule has 0 unspecified atom stereocenters. The fraction of sp³-hybridized carbons (Fsp3) is 0.120. The van der Waals surface area contributed by atoms with Crippen molar-refractivity contribution < 1.29 is 22.1 Å². The Hall–Kier alpha value is -3.03. The maximum Gasteiger partial charge on any atom is 0.339 e. The Balaban J connectivity index is 1.95. The van der Waals surface area contributed by atoms with E-state index < -0.39 is 16.0 Å². The van der Waals surface area contributed by atoms with Crippen LogP contribution in [0.5, 0.6) is 11.5 Å². The first-order valence-electron chi connectivity index (χ1n) is 10.4. The van der Waals surface area contributed by atoms with Crippen LogP contribution in [0, 0.1) is 18.3 Å². The second-order valence-electron chi connectivity index (χ2n) is 7.34. The minimum atomic E-state index is -4.15. The summed E-state index contributed by atoms with van der Waals surface area (Å²) in [6.45, 7) is 3.77. The van der Waals surface area contributed by atoms with Crippen LogP contribution in [-0.4, -0.2) is 20.9 Å². The number of ether oxygens (including phenoxy) is 1. The molecule has 186 valence electrons. The maximum atomic E-state index is 12.8. The third-order valence-corrected chi connectivity index (χ3v) is 7.35. The first kappa shape index (κ1) is 27.6. The highest BCUT2D eigenvalue weighted by Crippen LogP contribution is 2.39. The van der Waals surface area contributed by atoms with E-state index in [4.69, 9.17) is 32.1 Å². The van der Waals surface area contributed by atoms with Crippen molar-refractivity contribution in [1.82, 2.24) is 0 Å². The van der Waals surface area contributed by atoms with E-state index in [0.29, 0.717) is 5.56 Å². The van der Waals surface area contributed by atoms with Crippen LogP contribution in [-0.2, 0) is 14.9 Å². The molecule has 0 aliphatic heterocycles. The zero-order chi connectivity index (χ0) is 26.5. The number of halogens is 3. The van der Waals surface area contributed by atoms with Crippen LogP contribution in [0.2, 0.25) is 10.0 Å². The molecule has 0 fully saturated rings. The van der Waals surface area contributed by atoms with Crippen molar-refractivity contribution in [2.45, 2.75) is 18.7 Å². The quantitative estimate of drug-likeness (QED) is 0.171. The van der Waals surface area contributed by atoms with Gasteiger partial charge in [-0.3, -0.25) is 4.79 Å². The summed E-state index contributed by atoms with van der Waals surface area (Å²) in [5.74, 6) is -0.675. The summed E-state index contributed by atoms with van der Waals surface area (Å²) in [6.07, 6.45) is 1.32. The number of nitrogens with one attached hydrogen (secondary N) is 1. The van der Waals surface area contributed by atoms with Crippen LogP contribution in [0.3, 0.4) is 0 Å². The molecule has 1 amide bonds. The van der Waals surface area contributed by atoms with E-state index in [1.165, 1.54) is 30.3 Å². The standard InChI is InChI=1S/C25H19BrCl2N2O5S/c1-3-34-22-13-16(11-17(14-29)25(31)30-21-6-4-5-20(27)23(21)28)12-19(26)24(22)35-36(32,33)18-9-7-15(2)8-10-18/h4-13H,3H2,1-2H3,(H,30,31)/b17-11+. The number of amides is 1. The van der Waals surface area contributed by atoms with Crippen LogP contribution in [0.1, 0.15) is 18.1 Å². The van der Waals surface area contributed by atoms with Crippen molar-refractivity contribution in [3.05, 3.63) is 85.8 Å². The predicted molar refractivity (Wildman–Crippen MR) is 143 cm³/mol. The molecule has 0 aromatic heterocycles. The summed E-state index contributed by atoms with van der Waals surface area (Å²) in [6, 6.07) is 15.7. The van der Waals surface area contributed by atoms with E-state index in [1.807, 2.05) is 13.0 Å². The lowest BCUT2D eigenvalue weighted by Gasteiger charge is -2.15. The van der Waals surface area contributed by atoms with E-state index in [0.717, 1.165) is 5.56 Å². The number of hydrogen-bond acceptors (Lipinski definition) is 6. The number of carbonyl (C=O) groups excluding carboxylic acids is 1. The van der Waals surface area contributed by atoms with Crippen molar-refractivity contribution >= 4 is 66.9 Å². The molecule has 3 aromatic rings. The summed E-state index contributed by atoms with van der Waals surface area (Å²) in [7, 11) is -4.15. The van der Waals surface area contributed by atoms with Crippen LogP contribution in [0.4, 0.5) is 5.69 Å². The van der Waals surface area contributed by atoms with E-state index >= 15 is 0 Å². The van der Waals surface area contributed by atoms with Crippen molar-refractivity contribution in [3.8, 4) is 17.6 Å². The van der Waals surface area contributed by atoms with Gasteiger partial charge < -0.3 is 14.2 Å². The van der Waals surface area contributed by atoms with E-state index in [9.17, 15) is 18.5 Å². The Morgan fingerprint density at radius 2 is 1.86 bits per heavy atom. The van der Waals surface area contributed by atoms with Gasteiger partial charge in [0.25, 0.3) is 5.91 Å². The molecule has 0 aliphatic rings. The highest BCUT2D eigenvalue weighted by atomic mass is 79.9. The van der Waals surface area contributed by atoms with E-state index in [1.54, 1.807) is 37.3 Å². The van der Waals surface area contributed by atoms with E-state index in [2.05, 4.69) is 21.2 Å². The molecule has 0 saturated carbocycles. The molecule has 7 nitrogen and oxygen atoms in total. The molecule has 0 bridgehead atoms. The summed E-state index contributed by atoms with van der Waals surface area (Å²) >= 11 is 15.4. The zero-order valence-electron chi connectivity index (χ0n) is 19.0. The Kier molecular flexibility index (Phi) is 9.03. The lowest BCUT2D eigenvalue weighted by Crippen LogP contribution is -2.14. The minimum Gasteiger partial charge on any atom is -0.490 e. The monoisotopic (exact) mass is 608 g/mol. The van der Waals surface area contributed by atoms with Crippen LogP contribution >= 0.6 is 39.1 Å². The highest BCUT2D eigenvalue weighted by Gasteiger charge is 2.22. The van der Waals surface area contributed by atoms with Crippen LogP contribution < -0.4 is 14.2 Å². The van der Waals surface area contributed by atoms with Crippen LogP contribution in [0.15, 0.2) is 69.5 Å². The smallest absolute Gasteiger partial charge is 0.339 e. The fourth-order valence-electron chi connectivity index (χ4n) is 2.98. The molecule has 3 rings (SSSR count). The average molecular weight is 610 g/mol. The highest BCUT2D eigenvalue weighted by molar-refractivity contribution is 9.10. The first-order chi connectivity index (χ1) is 17.1. The Bertz CT molecular complexity index is 1480. The molecule has 3 aromatic carbocycles. The Morgan fingerprint density at radius 3 is 2.50 bits per heavy atom. The van der Waals surface area contributed by atoms with Gasteiger partial charge >= 0.3 is 10.1 Å². The second-order valence-corrected chi connectivity index (χ2v) is 10.5.